The van der Waals surface area contributed by atoms with Crippen LogP contribution >= 0.6 is 0 Å². The number of benzene rings is 1. The van der Waals surface area contributed by atoms with Gasteiger partial charge in [0.25, 0.3) is 0 Å². The van der Waals surface area contributed by atoms with Gasteiger partial charge >= 0.3 is 0 Å². The van der Waals surface area contributed by atoms with Gasteiger partial charge in [-0.1, -0.05) is 12.2 Å². The van der Waals surface area contributed by atoms with Gasteiger partial charge in [0.15, 0.2) is 17.5 Å². The fourth-order valence-electron chi connectivity index (χ4n) is 2.25. The maximum absolute atomic E-state index is 13.4. The molecule has 21 heavy (non-hydrogen) atoms. The van der Waals surface area contributed by atoms with Gasteiger partial charge in [0.1, 0.15) is 0 Å². The molecular weight excluding hydrogens is 281 g/mol. The molecule has 0 aromatic heterocycles. The first-order chi connectivity index (χ1) is 10.1. The molecule has 1 aliphatic carbocycles. The van der Waals surface area contributed by atoms with E-state index in [4.69, 9.17) is 0 Å². The van der Waals surface area contributed by atoms with Crippen LogP contribution in [0.2, 0.25) is 0 Å². The minimum atomic E-state index is -1.59. The summed E-state index contributed by atoms with van der Waals surface area (Å²) in [6.07, 6.45) is 7.34. The van der Waals surface area contributed by atoms with Crippen molar-refractivity contribution in [1.29, 1.82) is 0 Å². The largest absolute Gasteiger partial charge is 0.322 e. The number of nitrogens with one attached hydrogen (secondary N) is 2. The van der Waals surface area contributed by atoms with E-state index in [2.05, 4.69) is 22.8 Å². The predicted octanol–water partition coefficient (Wildman–Crippen LogP) is 2.99. The lowest BCUT2D eigenvalue weighted by molar-refractivity contribution is -0.115. The molecular formula is C15H17F3N2O. The summed E-state index contributed by atoms with van der Waals surface area (Å²) in [5, 5.41) is 5.20. The number of hydrogen-bond donors (Lipinski definition) is 2. The summed E-state index contributed by atoms with van der Waals surface area (Å²) in [4.78, 5) is 11.6. The summed E-state index contributed by atoms with van der Waals surface area (Å²) < 4.78 is 39.2. The molecule has 114 valence electrons. The van der Waals surface area contributed by atoms with Gasteiger partial charge in [-0.3, -0.25) is 4.79 Å². The monoisotopic (exact) mass is 298 g/mol. The molecule has 0 saturated heterocycles. The maximum Gasteiger partial charge on any atom is 0.238 e. The lowest BCUT2D eigenvalue weighted by atomic mass is 9.94. The standard InChI is InChI=1S/C15H17F3N2O/c16-11-6-7-12(15(18)14(11)17)20-13(21)9-19-8-10-4-2-1-3-5-10/h1-2,6-7,10,19H,3-5,8-9H2,(H,20,21). The number of rotatable bonds is 5. The molecule has 0 spiro atoms. The minimum Gasteiger partial charge on any atom is -0.322 e. The van der Waals surface area contributed by atoms with Crippen LogP contribution in [0, 0.1) is 23.4 Å². The van der Waals surface area contributed by atoms with Crippen molar-refractivity contribution in [2.45, 2.75) is 19.3 Å². The molecule has 2 rings (SSSR count). The normalized spacial score (nSPS) is 17.8. The highest BCUT2D eigenvalue weighted by Crippen LogP contribution is 2.19. The Morgan fingerprint density at radius 1 is 1.19 bits per heavy atom. The first-order valence-corrected chi connectivity index (χ1v) is 6.87. The quantitative estimate of drug-likeness (QED) is 0.648. The van der Waals surface area contributed by atoms with Crippen molar-refractivity contribution < 1.29 is 18.0 Å². The summed E-state index contributed by atoms with van der Waals surface area (Å²) >= 11 is 0. The Labute approximate surface area is 121 Å². The first kappa shape index (κ1) is 15.6. The van der Waals surface area contributed by atoms with Crippen molar-refractivity contribution in [3.05, 3.63) is 41.7 Å². The van der Waals surface area contributed by atoms with E-state index >= 15 is 0 Å². The number of carbonyl (C=O) groups excluding carboxylic acids is 1. The summed E-state index contributed by atoms with van der Waals surface area (Å²) in [6.45, 7) is 0.691. The Kier molecular flexibility index (Phi) is 5.38. The molecule has 0 saturated carbocycles. The Hall–Kier alpha value is -1.82. The number of allylic oxidation sites excluding steroid dienone is 2. The third kappa shape index (κ3) is 4.32. The topological polar surface area (TPSA) is 41.1 Å². The van der Waals surface area contributed by atoms with Crippen LogP contribution in [0.5, 0.6) is 0 Å². The van der Waals surface area contributed by atoms with Crippen molar-refractivity contribution in [2.75, 3.05) is 18.4 Å². The van der Waals surface area contributed by atoms with Crippen LogP contribution in [0.15, 0.2) is 24.3 Å². The van der Waals surface area contributed by atoms with Crippen LogP contribution in [0.4, 0.5) is 18.9 Å². The molecule has 3 nitrogen and oxygen atoms in total. The molecule has 6 heteroatoms. The van der Waals surface area contributed by atoms with E-state index in [0.717, 1.165) is 31.4 Å². The molecule has 0 bridgehead atoms. The lowest BCUT2D eigenvalue weighted by Gasteiger charge is -2.18. The molecule has 0 radical (unpaired) electrons. The van der Waals surface area contributed by atoms with E-state index in [1.54, 1.807) is 0 Å². The fraction of sp³-hybridized carbons (Fsp3) is 0.400. The van der Waals surface area contributed by atoms with Gasteiger partial charge in [-0.2, -0.15) is 0 Å². The van der Waals surface area contributed by atoms with Crippen molar-refractivity contribution in [3.8, 4) is 0 Å². The van der Waals surface area contributed by atoms with Crippen molar-refractivity contribution in [2.24, 2.45) is 5.92 Å². The van der Waals surface area contributed by atoms with Gasteiger partial charge in [-0.15, -0.1) is 0 Å². The number of halogens is 3. The average Bonchev–Trinajstić information content (AvgIpc) is 2.49. The molecule has 1 aromatic rings. The molecule has 1 atom stereocenters. The highest BCUT2D eigenvalue weighted by atomic mass is 19.2. The van der Waals surface area contributed by atoms with Crippen molar-refractivity contribution >= 4 is 11.6 Å². The molecule has 0 aliphatic heterocycles. The maximum atomic E-state index is 13.4. The van der Waals surface area contributed by atoms with Crippen molar-refractivity contribution in [1.82, 2.24) is 5.32 Å². The van der Waals surface area contributed by atoms with Crippen LogP contribution in [0.1, 0.15) is 19.3 Å². The zero-order valence-electron chi connectivity index (χ0n) is 11.5. The summed E-state index contributed by atoms with van der Waals surface area (Å²) in [5.41, 5.74) is -0.360. The van der Waals surface area contributed by atoms with Crippen LogP contribution in [-0.2, 0) is 4.79 Å². The summed E-state index contributed by atoms with van der Waals surface area (Å²) in [6, 6.07) is 1.77. The molecule has 0 heterocycles. The van der Waals surface area contributed by atoms with E-state index in [1.807, 2.05) is 0 Å². The minimum absolute atomic E-state index is 0.00134. The predicted molar refractivity (Wildman–Crippen MR) is 74.3 cm³/mol. The third-order valence-electron chi connectivity index (χ3n) is 3.41. The molecule has 1 aliphatic rings. The first-order valence-electron chi connectivity index (χ1n) is 6.87. The average molecular weight is 298 g/mol. The summed E-state index contributed by atoms with van der Waals surface area (Å²) in [5.74, 6) is -4.27. The van der Waals surface area contributed by atoms with E-state index < -0.39 is 23.4 Å². The van der Waals surface area contributed by atoms with E-state index in [9.17, 15) is 18.0 Å². The Morgan fingerprint density at radius 2 is 2.00 bits per heavy atom. The Morgan fingerprint density at radius 3 is 2.71 bits per heavy atom. The second-order valence-electron chi connectivity index (χ2n) is 5.05. The van der Waals surface area contributed by atoms with Gasteiger partial charge in [0, 0.05) is 0 Å². The van der Waals surface area contributed by atoms with Gasteiger partial charge in [0.05, 0.1) is 12.2 Å². The second-order valence-corrected chi connectivity index (χ2v) is 5.05. The van der Waals surface area contributed by atoms with Crippen LogP contribution in [0.3, 0.4) is 0 Å². The number of hydrogen-bond acceptors (Lipinski definition) is 2. The summed E-state index contributed by atoms with van der Waals surface area (Å²) in [7, 11) is 0. The van der Waals surface area contributed by atoms with Crippen LogP contribution in [0.25, 0.3) is 0 Å². The zero-order chi connectivity index (χ0) is 15.2. The number of amides is 1. The van der Waals surface area contributed by atoms with Gasteiger partial charge in [-0.25, -0.2) is 13.2 Å². The van der Waals surface area contributed by atoms with E-state index in [0.29, 0.717) is 12.5 Å². The van der Waals surface area contributed by atoms with Gasteiger partial charge < -0.3 is 10.6 Å². The zero-order valence-corrected chi connectivity index (χ0v) is 11.5. The van der Waals surface area contributed by atoms with Crippen molar-refractivity contribution in [3.63, 3.8) is 0 Å². The van der Waals surface area contributed by atoms with Gasteiger partial charge in [-0.05, 0) is 43.9 Å². The van der Waals surface area contributed by atoms with Crippen LogP contribution in [-0.4, -0.2) is 19.0 Å². The fourth-order valence-corrected chi connectivity index (χ4v) is 2.25. The van der Waals surface area contributed by atoms with Crippen LogP contribution < -0.4 is 10.6 Å². The highest BCUT2D eigenvalue weighted by molar-refractivity contribution is 5.92. The lowest BCUT2D eigenvalue weighted by Crippen LogP contribution is -2.32. The molecule has 1 unspecified atom stereocenters. The highest BCUT2D eigenvalue weighted by Gasteiger charge is 2.15. The Bertz CT molecular complexity index is 546. The third-order valence-corrected chi connectivity index (χ3v) is 3.41. The number of anilines is 1. The number of carbonyl (C=O) groups is 1. The Balaban J connectivity index is 1.79. The second kappa shape index (κ2) is 7.26. The SMILES string of the molecule is O=C(CNCC1CC=CCC1)Nc1ccc(F)c(F)c1F. The molecule has 2 N–H and O–H groups in total. The van der Waals surface area contributed by atoms with Gasteiger partial charge in [0.2, 0.25) is 5.91 Å². The molecule has 1 amide bonds. The van der Waals surface area contributed by atoms with E-state index in [-0.39, 0.29) is 12.2 Å². The molecule has 0 fully saturated rings. The van der Waals surface area contributed by atoms with E-state index in [1.165, 1.54) is 0 Å². The smallest absolute Gasteiger partial charge is 0.238 e. The molecule has 1 aromatic carbocycles.